The molecule has 3 fully saturated rings. The lowest BCUT2D eigenvalue weighted by Crippen LogP contribution is -2.63. The summed E-state index contributed by atoms with van der Waals surface area (Å²) in [5.74, 6) is 3.40. The van der Waals surface area contributed by atoms with Gasteiger partial charge in [0.05, 0.1) is 11.4 Å². The van der Waals surface area contributed by atoms with Crippen LogP contribution in [0.15, 0.2) is 48.6 Å². The lowest BCUT2D eigenvalue weighted by atomic mass is 9.56. The minimum atomic E-state index is -0.0627. The van der Waals surface area contributed by atoms with Gasteiger partial charge in [-0.1, -0.05) is 24.3 Å². The largest absolute Gasteiger partial charge is 0.326 e. The van der Waals surface area contributed by atoms with E-state index in [9.17, 15) is 4.79 Å². The molecule has 2 saturated carbocycles. The number of nitrogens with one attached hydrogen (secondary N) is 1. The molecule has 32 heavy (non-hydrogen) atoms. The van der Waals surface area contributed by atoms with E-state index >= 15 is 0 Å². The van der Waals surface area contributed by atoms with Crippen LogP contribution in [0.25, 0.3) is 11.3 Å². The van der Waals surface area contributed by atoms with Crippen molar-refractivity contribution in [2.24, 2.45) is 29.1 Å². The number of amides is 1. The Balaban J connectivity index is 0.968. The molecule has 166 valence electrons. The Kier molecular flexibility index (Phi) is 4.90. The van der Waals surface area contributed by atoms with E-state index in [0.717, 1.165) is 52.7 Å². The van der Waals surface area contributed by atoms with Crippen molar-refractivity contribution in [3.05, 3.63) is 54.2 Å². The maximum atomic E-state index is 11.2. The van der Waals surface area contributed by atoms with E-state index in [1.165, 1.54) is 52.2 Å². The van der Waals surface area contributed by atoms with Gasteiger partial charge < -0.3 is 10.2 Å². The number of allylic oxidation sites excluding steroid dienone is 2. The van der Waals surface area contributed by atoms with E-state index in [2.05, 4.69) is 44.7 Å². The number of rotatable bonds is 6. The average Bonchev–Trinajstić information content (AvgIpc) is 3.35. The number of benzene rings is 1. The molecule has 5 nitrogen and oxygen atoms in total. The first kappa shape index (κ1) is 20.1. The fraction of sp³-hybridized carbons (Fsp3) is 0.519. The van der Waals surface area contributed by atoms with Crippen LogP contribution in [0.5, 0.6) is 0 Å². The van der Waals surface area contributed by atoms with Gasteiger partial charge in [0.1, 0.15) is 0 Å². The molecule has 6 rings (SSSR count). The maximum absolute atomic E-state index is 11.2. The standard InChI is InChI=1S/C27H32N4O/c1-18(32)28-24-6-4-21(5-7-24)26-9-8-25(29-30-26)12-20-13-27(14-20)16-31(17-27)15-23-11-19-2-3-22(23)10-19/h2-9,19-20,22-23H,10-17H2,1H3,(H,28,32). The van der Waals surface area contributed by atoms with E-state index in [4.69, 9.17) is 0 Å². The molecule has 5 heteroatoms. The summed E-state index contributed by atoms with van der Waals surface area (Å²) < 4.78 is 0. The number of fused-ring (bicyclic) bond motifs is 2. The molecule has 3 aliphatic carbocycles. The van der Waals surface area contributed by atoms with Crippen molar-refractivity contribution in [1.82, 2.24) is 15.1 Å². The van der Waals surface area contributed by atoms with E-state index < -0.39 is 0 Å². The molecule has 1 aromatic heterocycles. The van der Waals surface area contributed by atoms with Crippen molar-refractivity contribution < 1.29 is 4.79 Å². The van der Waals surface area contributed by atoms with Gasteiger partial charge in [-0.25, -0.2) is 0 Å². The van der Waals surface area contributed by atoms with Crippen LogP contribution in [-0.2, 0) is 11.2 Å². The summed E-state index contributed by atoms with van der Waals surface area (Å²) >= 11 is 0. The first-order valence-electron chi connectivity index (χ1n) is 12.1. The highest BCUT2D eigenvalue weighted by atomic mass is 16.1. The van der Waals surface area contributed by atoms with Gasteiger partial charge in [-0.2, -0.15) is 10.2 Å². The lowest BCUT2D eigenvalue weighted by Gasteiger charge is -2.60. The Labute approximate surface area is 190 Å². The van der Waals surface area contributed by atoms with Gasteiger partial charge in [0.25, 0.3) is 0 Å². The van der Waals surface area contributed by atoms with Crippen LogP contribution in [0, 0.1) is 29.1 Å². The minimum absolute atomic E-state index is 0.0627. The number of nitrogens with zero attached hydrogens (tertiary/aromatic N) is 3. The van der Waals surface area contributed by atoms with Gasteiger partial charge in [-0.3, -0.25) is 4.79 Å². The monoisotopic (exact) mass is 428 g/mol. The third kappa shape index (κ3) is 3.88. The predicted octanol–water partition coefficient (Wildman–Crippen LogP) is 4.57. The molecule has 2 bridgehead atoms. The van der Waals surface area contributed by atoms with Crippen molar-refractivity contribution in [3.63, 3.8) is 0 Å². The van der Waals surface area contributed by atoms with Crippen LogP contribution in [-0.4, -0.2) is 40.6 Å². The molecule has 1 spiro atoms. The molecular weight excluding hydrogens is 396 g/mol. The number of aromatic nitrogens is 2. The summed E-state index contributed by atoms with van der Waals surface area (Å²) in [4.78, 5) is 13.9. The van der Waals surface area contributed by atoms with E-state index in [-0.39, 0.29) is 5.91 Å². The zero-order chi connectivity index (χ0) is 21.7. The number of carbonyl (C=O) groups is 1. The van der Waals surface area contributed by atoms with Gasteiger partial charge in [-0.05, 0) is 85.5 Å². The van der Waals surface area contributed by atoms with E-state index in [1.54, 1.807) is 0 Å². The number of anilines is 1. The fourth-order valence-corrected chi connectivity index (χ4v) is 6.88. The van der Waals surface area contributed by atoms with Crippen molar-refractivity contribution in [1.29, 1.82) is 0 Å². The molecule has 2 heterocycles. The second kappa shape index (κ2) is 7.80. The topological polar surface area (TPSA) is 58.1 Å². The lowest BCUT2D eigenvalue weighted by molar-refractivity contribution is -0.114. The molecule has 1 amide bonds. The van der Waals surface area contributed by atoms with Gasteiger partial charge in [-0.15, -0.1) is 0 Å². The van der Waals surface area contributed by atoms with E-state index in [1.807, 2.05) is 24.3 Å². The molecule has 1 aromatic carbocycles. The highest BCUT2D eigenvalue weighted by Gasteiger charge is 2.52. The average molecular weight is 429 g/mol. The van der Waals surface area contributed by atoms with Crippen molar-refractivity contribution >= 4 is 11.6 Å². The summed E-state index contributed by atoms with van der Waals surface area (Å²) in [6.07, 6.45) is 11.6. The highest BCUT2D eigenvalue weighted by Crippen LogP contribution is 2.54. The van der Waals surface area contributed by atoms with Crippen molar-refractivity contribution in [2.45, 2.75) is 39.0 Å². The van der Waals surface area contributed by atoms with Gasteiger partial charge in [0, 0.05) is 37.8 Å². The Bertz CT molecular complexity index is 1010. The van der Waals surface area contributed by atoms with Crippen molar-refractivity contribution in [3.8, 4) is 11.3 Å². The Hall–Kier alpha value is -2.53. The first-order valence-corrected chi connectivity index (χ1v) is 12.1. The quantitative estimate of drug-likeness (QED) is 0.685. The van der Waals surface area contributed by atoms with Crippen molar-refractivity contribution in [2.75, 3.05) is 25.0 Å². The molecular formula is C27H32N4O. The molecule has 2 aromatic rings. The second-order valence-electron chi connectivity index (χ2n) is 10.9. The van der Waals surface area contributed by atoms with Gasteiger partial charge in [0.2, 0.25) is 5.91 Å². The molecule has 4 aliphatic rings. The molecule has 3 unspecified atom stereocenters. The number of hydrogen-bond donors (Lipinski definition) is 1. The second-order valence-corrected chi connectivity index (χ2v) is 10.9. The van der Waals surface area contributed by atoms with Crippen LogP contribution in [0.3, 0.4) is 0 Å². The Morgan fingerprint density at radius 2 is 1.88 bits per heavy atom. The summed E-state index contributed by atoms with van der Waals surface area (Å²) in [5.41, 5.74) is 4.40. The Morgan fingerprint density at radius 3 is 2.50 bits per heavy atom. The normalized spacial score (nSPS) is 28.0. The SMILES string of the molecule is CC(=O)Nc1ccc(-c2ccc(CC3CC4(C3)CN(CC3CC5C=CC3C5)C4)nn2)cc1. The molecule has 0 radical (unpaired) electrons. The summed E-state index contributed by atoms with van der Waals surface area (Å²) in [5, 5.41) is 11.8. The first-order chi connectivity index (χ1) is 15.5. The highest BCUT2D eigenvalue weighted by molar-refractivity contribution is 5.88. The molecule has 1 N–H and O–H groups in total. The third-order valence-electron chi connectivity index (χ3n) is 8.19. The van der Waals surface area contributed by atoms with Gasteiger partial charge in [0.15, 0.2) is 0 Å². The minimum Gasteiger partial charge on any atom is -0.326 e. The van der Waals surface area contributed by atoms with Crippen LogP contribution < -0.4 is 5.32 Å². The number of likely N-dealkylation sites (tertiary alicyclic amines) is 1. The Morgan fingerprint density at radius 1 is 1.06 bits per heavy atom. The fourth-order valence-electron chi connectivity index (χ4n) is 6.88. The number of carbonyl (C=O) groups excluding carboxylic acids is 1. The van der Waals surface area contributed by atoms with Crippen LogP contribution in [0.1, 0.15) is 38.3 Å². The summed E-state index contributed by atoms with van der Waals surface area (Å²) in [6.45, 7) is 5.48. The summed E-state index contributed by atoms with van der Waals surface area (Å²) in [7, 11) is 0. The number of hydrogen-bond acceptors (Lipinski definition) is 4. The molecule has 1 aliphatic heterocycles. The van der Waals surface area contributed by atoms with E-state index in [0.29, 0.717) is 5.41 Å². The van der Waals surface area contributed by atoms with Gasteiger partial charge >= 0.3 is 0 Å². The van der Waals surface area contributed by atoms with Crippen LogP contribution in [0.4, 0.5) is 5.69 Å². The molecule has 3 atom stereocenters. The predicted molar refractivity (Wildman–Crippen MR) is 126 cm³/mol. The maximum Gasteiger partial charge on any atom is 0.221 e. The zero-order valence-corrected chi connectivity index (χ0v) is 18.8. The summed E-state index contributed by atoms with van der Waals surface area (Å²) in [6, 6.07) is 11.9. The smallest absolute Gasteiger partial charge is 0.221 e. The van der Waals surface area contributed by atoms with Crippen LogP contribution >= 0.6 is 0 Å². The van der Waals surface area contributed by atoms with Crippen LogP contribution in [0.2, 0.25) is 0 Å². The zero-order valence-electron chi connectivity index (χ0n) is 18.8. The third-order valence-corrected chi connectivity index (χ3v) is 8.19. The molecule has 1 saturated heterocycles.